The van der Waals surface area contributed by atoms with Gasteiger partial charge in [0.25, 0.3) is 0 Å². The van der Waals surface area contributed by atoms with Crippen molar-refractivity contribution in [1.29, 1.82) is 0 Å². The Bertz CT molecular complexity index is 993. The van der Waals surface area contributed by atoms with Gasteiger partial charge in [-0.25, -0.2) is 9.69 Å². The average Bonchev–Trinajstić information content (AvgIpc) is 3.37. The molecule has 4 atom stereocenters. The van der Waals surface area contributed by atoms with Crippen molar-refractivity contribution in [2.75, 3.05) is 4.90 Å². The predicted molar refractivity (Wildman–Crippen MR) is 103 cm³/mol. The number of rotatable bonds is 3. The standard InChI is InChI=1S/C23H19NO4/c1-13-6-8-14(9-7-13)23(27)28-18-5-3-2-4-17(18)24-21(25)19-15-10-11-16(12-15)20(19)22(24)26/h2-11,15-16,19-20H,12H2,1H3/t15-,16+,19-,20+. The molecule has 1 saturated carbocycles. The molecule has 28 heavy (non-hydrogen) atoms. The van der Waals surface area contributed by atoms with Crippen LogP contribution in [0.5, 0.6) is 5.75 Å². The SMILES string of the molecule is Cc1ccc(C(=O)Oc2ccccc2N2C(=O)[C@@H]3[C@H](C2=O)[C@@H]2C=C[C@H]3C2)cc1. The fraction of sp³-hybridized carbons (Fsp3) is 0.261. The number of hydrogen-bond acceptors (Lipinski definition) is 4. The molecule has 5 heteroatoms. The molecule has 2 aromatic rings. The summed E-state index contributed by atoms with van der Waals surface area (Å²) < 4.78 is 5.57. The second-order valence-electron chi connectivity index (χ2n) is 7.74. The Morgan fingerprint density at radius 3 is 2.18 bits per heavy atom. The van der Waals surface area contributed by atoms with Gasteiger partial charge in [0.05, 0.1) is 23.1 Å². The number of allylic oxidation sites excluding steroid dienone is 2. The average molecular weight is 373 g/mol. The number of para-hydroxylation sites is 2. The predicted octanol–water partition coefficient (Wildman–Crippen LogP) is 3.53. The van der Waals surface area contributed by atoms with Gasteiger partial charge in [0.1, 0.15) is 0 Å². The van der Waals surface area contributed by atoms with E-state index < -0.39 is 5.97 Å². The van der Waals surface area contributed by atoms with E-state index in [1.165, 1.54) is 4.90 Å². The Hall–Kier alpha value is -3.21. The topological polar surface area (TPSA) is 63.7 Å². The highest BCUT2D eigenvalue weighted by atomic mass is 16.5. The minimum Gasteiger partial charge on any atom is -0.421 e. The number of carbonyl (C=O) groups is 3. The van der Waals surface area contributed by atoms with Crippen molar-refractivity contribution in [3.63, 3.8) is 0 Å². The fourth-order valence-electron chi connectivity index (χ4n) is 4.72. The van der Waals surface area contributed by atoms with E-state index >= 15 is 0 Å². The molecule has 2 fully saturated rings. The third-order valence-electron chi connectivity index (χ3n) is 6.07. The minimum atomic E-state index is -0.520. The Morgan fingerprint density at radius 1 is 0.929 bits per heavy atom. The number of amides is 2. The lowest BCUT2D eigenvalue weighted by molar-refractivity contribution is -0.123. The van der Waals surface area contributed by atoms with Crippen LogP contribution in [-0.2, 0) is 9.59 Å². The molecule has 5 nitrogen and oxygen atoms in total. The molecule has 2 bridgehead atoms. The molecule has 140 valence electrons. The van der Waals surface area contributed by atoms with Gasteiger partial charge >= 0.3 is 5.97 Å². The van der Waals surface area contributed by atoms with Crippen LogP contribution in [0.15, 0.2) is 60.7 Å². The van der Waals surface area contributed by atoms with Gasteiger partial charge in [-0.1, -0.05) is 42.0 Å². The van der Waals surface area contributed by atoms with Crippen molar-refractivity contribution in [3.8, 4) is 5.75 Å². The van der Waals surface area contributed by atoms with Gasteiger partial charge in [0, 0.05) is 0 Å². The monoisotopic (exact) mass is 373 g/mol. The van der Waals surface area contributed by atoms with Gasteiger partial charge in [-0.2, -0.15) is 0 Å². The lowest BCUT2D eigenvalue weighted by atomic mass is 9.85. The molecule has 2 amide bonds. The summed E-state index contributed by atoms with van der Waals surface area (Å²) in [5.41, 5.74) is 1.80. The summed E-state index contributed by atoms with van der Waals surface area (Å²) in [5.74, 6) is -0.982. The first-order valence-corrected chi connectivity index (χ1v) is 9.48. The molecule has 3 aliphatic rings. The Balaban J connectivity index is 1.46. The summed E-state index contributed by atoms with van der Waals surface area (Å²) in [5, 5.41) is 0. The zero-order valence-corrected chi connectivity index (χ0v) is 15.4. The highest BCUT2D eigenvalue weighted by Gasteiger charge is 2.59. The van der Waals surface area contributed by atoms with Gasteiger partial charge in [0.2, 0.25) is 11.8 Å². The molecule has 0 N–H and O–H groups in total. The Kier molecular flexibility index (Phi) is 3.72. The smallest absolute Gasteiger partial charge is 0.343 e. The number of fused-ring (bicyclic) bond motifs is 5. The first kappa shape index (κ1) is 16.9. The highest BCUT2D eigenvalue weighted by molar-refractivity contribution is 6.23. The lowest BCUT2D eigenvalue weighted by Crippen LogP contribution is -2.33. The number of carbonyl (C=O) groups excluding carboxylic acids is 3. The number of esters is 1. The molecule has 2 aromatic carbocycles. The normalized spacial score (nSPS) is 27.4. The summed E-state index contributed by atoms with van der Waals surface area (Å²) in [6, 6.07) is 13.8. The van der Waals surface area contributed by atoms with Crippen LogP contribution < -0.4 is 9.64 Å². The first-order chi connectivity index (χ1) is 13.5. The van der Waals surface area contributed by atoms with Crippen LogP contribution in [0.1, 0.15) is 22.3 Å². The number of imide groups is 1. The van der Waals surface area contributed by atoms with E-state index in [9.17, 15) is 14.4 Å². The molecule has 2 aliphatic carbocycles. The molecule has 1 aliphatic heterocycles. The van der Waals surface area contributed by atoms with Gasteiger partial charge in [0.15, 0.2) is 5.75 Å². The maximum Gasteiger partial charge on any atom is 0.343 e. The van der Waals surface area contributed by atoms with Crippen molar-refractivity contribution in [3.05, 3.63) is 71.8 Å². The molecule has 1 heterocycles. The summed E-state index contributed by atoms with van der Waals surface area (Å²) in [6.45, 7) is 1.94. The molecular weight excluding hydrogens is 354 g/mol. The molecule has 0 unspecified atom stereocenters. The minimum absolute atomic E-state index is 0.138. The van der Waals surface area contributed by atoms with Crippen LogP contribution in [0.3, 0.4) is 0 Å². The van der Waals surface area contributed by atoms with E-state index in [1.807, 2.05) is 19.1 Å². The number of ether oxygens (including phenoxy) is 1. The van der Waals surface area contributed by atoms with E-state index in [2.05, 4.69) is 12.2 Å². The maximum absolute atomic E-state index is 13.1. The number of aryl methyl sites for hydroxylation is 1. The summed E-state index contributed by atoms with van der Waals surface area (Å²) in [6.07, 6.45) is 5.00. The van der Waals surface area contributed by atoms with E-state index in [4.69, 9.17) is 4.74 Å². The molecular formula is C23H19NO4. The molecule has 0 aromatic heterocycles. The van der Waals surface area contributed by atoms with E-state index in [1.54, 1.807) is 36.4 Å². The second-order valence-corrected chi connectivity index (χ2v) is 7.74. The van der Waals surface area contributed by atoms with Crippen molar-refractivity contribution >= 4 is 23.5 Å². The summed E-state index contributed by atoms with van der Waals surface area (Å²) >= 11 is 0. The zero-order valence-electron chi connectivity index (χ0n) is 15.4. The van der Waals surface area contributed by atoms with Gasteiger partial charge in [-0.05, 0) is 49.4 Å². The summed E-state index contributed by atoms with van der Waals surface area (Å²) in [4.78, 5) is 39.9. The van der Waals surface area contributed by atoms with E-state index in [0.717, 1.165) is 12.0 Å². The van der Waals surface area contributed by atoms with Crippen LogP contribution in [-0.4, -0.2) is 17.8 Å². The molecule has 1 saturated heterocycles. The van der Waals surface area contributed by atoms with Crippen LogP contribution in [0.25, 0.3) is 0 Å². The number of hydrogen-bond donors (Lipinski definition) is 0. The van der Waals surface area contributed by atoms with Crippen LogP contribution in [0, 0.1) is 30.6 Å². The van der Waals surface area contributed by atoms with Gasteiger partial charge in [-0.15, -0.1) is 0 Å². The fourth-order valence-corrected chi connectivity index (χ4v) is 4.72. The third-order valence-corrected chi connectivity index (χ3v) is 6.07. The van der Waals surface area contributed by atoms with E-state index in [0.29, 0.717) is 11.3 Å². The van der Waals surface area contributed by atoms with Crippen molar-refractivity contribution in [1.82, 2.24) is 0 Å². The largest absolute Gasteiger partial charge is 0.421 e. The Labute approximate surface area is 162 Å². The van der Waals surface area contributed by atoms with Crippen LogP contribution >= 0.6 is 0 Å². The zero-order chi connectivity index (χ0) is 19.4. The van der Waals surface area contributed by atoms with Crippen molar-refractivity contribution < 1.29 is 19.1 Å². The lowest BCUT2D eigenvalue weighted by Gasteiger charge is -2.20. The van der Waals surface area contributed by atoms with Gasteiger partial charge < -0.3 is 4.74 Å². The molecule has 0 spiro atoms. The third kappa shape index (κ3) is 2.43. The maximum atomic E-state index is 13.1. The first-order valence-electron chi connectivity index (χ1n) is 9.48. The van der Waals surface area contributed by atoms with Crippen LogP contribution in [0.4, 0.5) is 5.69 Å². The summed E-state index contributed by atoms with van der Waals surface area (Å²) in [7, 11) is 0. The molecule has 0 radical (unpaired) electrons. The number of nitrogens with zero attached hydrogens (tertiary/aromatic N) is 1. The number of anilines is 1. The quantitative estimate of drug-likeness (QED) is 0.357. The highest BCUT2D eigenvalue weighted by Crippen LogP contribution is 2.53. The second kappa shape index (κ2) is 6.16. The molecule has 5 rings (SSSR count). The van der Waals surface area contributed by atoms with Gasteiger partial charge in [-0.3, -0.25) is 9.59 Å². The van der Waals surface area contributed by atoms with Crippen molar-refractivity contribution in [2.24, 2.45) is 23.7 Å². The van der Waals surface area contributed by atoms with E-state index in [-0.39, 0.29) is 41.2 Å². The van der Waals surface area contributed by atoms with Crippen molar-refractivity contribution in [2.45, 2.75) is 13.3 Å². The van der Waals surface area contributed by atoms with Crippen LogP contribution in [0.2, 0.25) is 0 Å². The number of benzene rings is 2. The Morgan fingerprint density at radius 2 is 1.54 bits per heavy atom.